The lowest BCUT2D eigenvalue weighted by atomic mass is 10.1. The van der Waals surface area contributed by atoms with Crippen molar-refractivity contribution < 1.29 is 28.6 Å². The minimum absolute atomic E-state index is 0.104. The highest BCUT2D eigenvalue weighted by molar-refractivity contribution is 5.71. The SMILES string of the molecule is CC/C=C/C/C=C/C/C=C/C/C=C/C/C=C/CCCCCC(=O)OC[C@@H](COC(=O)CCCCCCC/C=C/CCCCCC)OC(=O)CCCCCC/C=C/C/C=C/C/C=C/CCCCC. The summed E-state index contributed by atoms with van der Waals surface area (Å²) in [7, 11) is 0. The summed E-state index contributed by atoms with van der Waals surface area (Å²) >= 11 is 0. The standard InChI is InChI=1S/C61H100O6/c1-4-7-10-13-16-19-22-25-27-29-30-32-33-36-39-42-45-48-51-54-60(63)66-57-58(56-65-59(62)53-50-47-44-41-38-35-24-21-18-15-12-9-6-3)67-61(64)55-52-49-46-43-40-37-34-31-28-26-23-20-17-14-11-8-5-2/h7,10,16-17,19-21,24-28,30,32,34,36-37,39,58H,4-6,8-9,11-15,18,22-23,29,31,33,35,38,40-57H2,1-3H3/b10-7+,19-16+,20-17+,24-21+,27-25+,28-26+,32-30+,37-34+,39-36+/t58-/m1/s1. The molecule has 6 nitrogen and oxygen atoms in total. The molecule has 0 aromatic carbocycles. The summed E-state index contributed by atoms with van der Waals surface area (Å²) in [6.07, 6.45) is 73.5. The van der Waals surface area contributed by atoms with Crippen molar-refractivity contribution in [1.29, 1.82) is 0 Å². The fourth-order valence-corrected chi connectivity index (χ4v) is 7.12. The van der Waals surface area contributed by atoms with E-state index in [0.29, 0.717) is 19.3 Å². The summed E-state index contributed by atoms with van der Waals surface area (Å²) in [5.41, 5.74) is 0. The molecule has 0 aliphatic heterocycles. The largest absolute Gasteiger partial charge is 0.462 e. The van der Waals surface area contributed by atoms with Gasteiger partial charge in [-0.1, -0.05) is 201 Å². The fraction of sp³-hybridized carbons (Fsp3) is 0.656. The zero-order valence-electron chi connectivity index (χ0n) is 43.4. The minimum atomic E-state index is -0.809. The van der Waals surface area contributed by atoms with Gasteiger partial charge in [-0.25, -0.2) is 0 Å². The Hall–Kier alpha value is -3.93. The lowest BCUT2D eigenvalue weighted by Gasteiger charge is -2.18. The van der Waals surface area contributed by atoms with Gasteiger partial charge in [0.15, 0.2) is 6.10 Å². The van der Waals surface area contributed by atoms with Gasteiger partial charge in [0.25, 0.3) is 0 Å². The first-order valence-electron chi connectivity index (χ1n) is 27.4. The second-order valence-electron chi connectivity index (χ2n) is 17.7. The molecule has 0 N–H and O–H groups in total. The molecule has 0 bridgehead atoms. The van der Waals surface area contributed by atoms with Gasteiger partial charge in [0, 0.05) is 19.3 Å². The summed E-state index contributed by atoms with van der Waals surface area (Å²) in [6, 6.07) is 0. The van der Waals surface area contributed by atoms with Gasteiger partial charge < -0.3 is 14.2 Å². The summed E-state index contributed by atoms with van der Waals surface area (Å²) in [4.78, 5) is 38.1. The molecule has 0 rings (SSSR count). The van der Waals surface area contributed by atoms with Crippen molar-refractivity contribution in [2.45, 2.75) is 245 Å². The zero-order chi connectivity index (χ0) is 48.6. The first-order chi connectivity index (χ1) is 33.0. The maximum atomic E-state index is 12.8. The third kappa shape index (κ3) is 52.9. The van der Waals surface area contributed by atoms with Crippen LogP contribution in [0.15, 0.2) is 109 Å². The molecule has 0 fully saturated rings. The molecule has 0 amide bonds. The van der Waals surface area contributed by atoms with Crippen LogP contribution in [0.3, 0.4) is 0 Å². The van der Waals surface area contributed by atoms with Crippen LogP contribution in [0.4, 0.5) is 0 Å². The molecule has 0 aromatic rings. The van der Waals surface area contributed by atoms with Gasteiger partial charge in [-0.2, -0.15) is 0 Å². The van der Waals surface area contributed by atoms with Gasteiger partial charge in [0.2, 0.25) is 0 Å². The van der Waals surface area contributed by atoms with E-state index in [9.17, 15) is 14.4 Å². The summed E-state index contributed by atoms with van der Waals surface area (Å²) in [6.45, 7) is 6.42. The Kier molecular flexibility index (Phi) is 51.5. The molecule has 0 radical (unpaired) electrons. The van der Waals surface area contributed by atoms with Crippen LogP contribution in [0.5, 0.6) is 0 Å². The Bertz CT molecular complexity index is 1390. The average Bonchev–Trinajstić information content (AvgIpc) is 3.33. The number of allylic oxidation sites excluding steroid dienone is 18. The van der Waals surface area contributed by atoms with Gasteiger partial charge in [-0.3, -0.25) is 14.4 Å². The Balaban J connectivity index is 4.51. The van der Waals surface area contributed by atoms with E-state index in [2.05, 4.69) is 130 Å². The number of hydrogen-bond acceptors (Lipinski definition) is 6. The van der Waals surface area contributed by atoms with Crippen molar-refractivity contribution in [3.63, 3.8) is 0 Å². The van der Waals surface area contributed by atoms with Gasteiger partial charge in [0.1, 0.15) is 13.2 Å². The summed E-state index contributed by atoms with van der Waals surface area (Å²) in [5.74, 6) is -0.970. The first-order valence-corrected chi connectivity index (χ1v) is 27.4. The van der Waals surface area contributed by atoms with Crippen LogP contribution < -0.4 is 0 Å². The lowest BCUT2D eigenvalue weighted by Crippen LogP contribution is -2.30. The molecule has 0 saturated heterocycles. The Morgan fingerprint density at radius 2 is 0.582 bits per heavy atom. The van der Waals surface area contributed by atoms with Crippen LogP contribution in [0.2, 0.25) is 0 Å². The molecule has 1 atom stereocenters. The van der Waals surface area contributed by atoms with Gasteiger partial charge in [-0.15, -0.1) is 0 Å². The highest BCUT2D eigenvalue weighted by atomic mass is 16.6. The zero-order valence-corrected chi connectivity index (χ0v) is 43.4. The maximum Gasteiger partial charge on any atom is 0.306 e. The predicted molar refractivity (Wildman–Crippen MR) is 288 cm³/mol. The van der Waals surface area contributed by atoms with E-state index in [0.717, 1.165) is 135 Å². The van der Waals surface area contributed by atoms with Gasteiger partial charge >= 0.3 is 17.9 Å². The van der Waals surface area contributed by atoms with Gasteiger partial charge in [0.05, 0.1) is 0 Å². The van der Waals surface area contributed by atoms with Crippen LogP contribution >= 0.6 is 0 Å². The highest BCUT2D eigenvalue weighted by Crippen LogP contribution is 2.13. The third-order valence-corrected chi connectivity index (χ3v) is 11.2. The van der Waals surface area contributed by atoms with Crippen LogP contribution in [-0.4, -0.2) is 37.2 Å². The van der Waals surface area contributed by atoms with Crippen molar-refractivity contribution in [2.75, 3.05) is 13.2 Å². The van der Waals surface area contributed by atoms with Crippen LogP contribution in [0, 0.1) is 0 Å². The van der Waals surface area contributed by atoms with Crippen molar-refractivity contribution in [2.24, 2.45) is 0 Å². The molecule has 0 aromatic heterocycles. The third-order valence-electron chi connectivity index (χ3n) is 11.2. The molecule has 0 spiro atoms. The highest BCUT2D eigenvalue weighted by Gasteiger charge is 2.19. The topological polar surface area (TPSA) is 78.9 Å². The van der Waals surface area contributed by atoms with E-state index in [1.807, 2.05) is 0 Å². The molecule has 67 heavy (non-hydrogen) atoms. The number of rotatable bonds is 48. The van der Waals surface area contributed by atoms with Crippen molar-refractivity contribution in [3.8, 4) is 0 Å². The van der Waals surface area contributed by atoms with E-state index in [4.69, 9.17) is 14.2 Å². The van der Waals surface area contributed by atoms with E-state index in [1.165, 1.54) is 64.2 Å². The number of unbranched alkanes of at least 4 members (excludes halogenated alkanes) is 19. The second kappa shape index (κ2) is 54.7. The fourth-order valence-electron chi connectivity index (χ4n) is 7.12. The lowest BCUT2D eigenvalue weighted by molar-refractivity contribution is -0.167. The molecule has 6 heteroatoms. The molecule has 380 valence electrons. The minimum Gasteiger partial charge on any atom is -0.462 e. The molecule has 0 heterocycles. The number of esters is 3. The van der Waals surface area contributed by atoms with E-state index < -0.39 is 6.10 Å². The monoisotopic (exact) mass is 929 g/mol. The van der Waals surface area contributed by atoms with E-state index in [1.54, 1.807) is 0 Å². The normalized spacial score (nSPS) is 12.9. The quantitative estimate of drug-likeness (QED) is 0.0262. The van der Waals surface area contributed by atoms with Gasteiger partial charge in [-0.05, 0) is 128 Å². The first kappa shape index (κ1) is 63.1. The van der Waals surface area contributed by atoms with Crippen molar-refractivity contribution in [3.05, 3.63) is 109 Å². The molecule has 0 saturated carbocycles. The maximum absolute atomic E-state index is 12.8. The Morgan fingerprint density at radius 1 is 0.313 bits per heavy atom. The molecule has 0 aliphatic carbocycles. The summed E-state index contributed by atoms with van der Waals surface area (Å²) in [5, 5.41) is 0. The molecular weight excluding hydrogens is 829 g/mol. The molecule has 0 unspecified atom stereocenters. The molecular formula is C61H100O6. The Morgan fingerprint density at radius 3 is 0.970 bits per heavy atom. The predicted octanol–water partition coefficient (Wildman–Crippen LogP) is 18.3. The number of hydrogen-bond donors (Lipinski definition) is 0. The number of carbonyl (C=O) groups is 3. The van der Waals surface area contributed by atoms with E-state index in [-0.39, 0.29) is 31.1 Å². The molecule has 0 aliphatic rings. The van der Waals surface area contributed by atoms with Crippen molar-refractivity contribution >= 4 is 17.9 Å². The van der Waals surface area contributed by atoms with Crippen LogP contribution in [0.25, 0.3) is 0 Å². The summed E-state index contributed by atoms with van der Waals surface area (Å²) < 4.78 is 16.8. The number of carbonyl (C=O) groups excluding carboxylic acids is 3. The van der Waals surface area contributed by atoms with Crippen molar-refractivity contribution in [1.82, 2.24) is 0 Å². The number of ether oxygens (including phenoxy) is 3. The Labute approximate surface area is 412 Å². The second-order valence-corrected chi connectivity index (χ2v) is 17.7. The average molecular weight is 929 g/mol. The van der Waals surface area contributed by atoms with Crippen LogP contribution in [-0.2, 0) is 28.6 Å². The van der Waals surface area contributed by atoms with Crippen LogP contribution in [0.1, 0.15) is 239 Å². The van der Waals surface area contributed by atoms with E-state index >= 15 is 0 Å². The smallest absolute Gasteiger partial charge is 0.306 e.